The van der Waals surface area contributed by atoms with Gasteiger partial charge in [0.2, 0.25) is 5.91 Å². The number of hydrogen-bond acceptors (Lipinski definition) is 7. The maximum atomic E-state index is 12.6. The van der Waals surface area contributed by atoms with Crippen molar-refractivity contribution in [2.24, 2.45) is 0 Å². The summed E-state index contributed by atoms with van der Waals surface area (Å²) in [5.41, 5.74) is 1.18. The SMILES string of the molecule is C[C@H]1C[C@@]2(C[C@@H](c3cn(CC(=O)N4CCCCC4)nn3)N1)OC[C@@H](O)c1cc(Cl)sc12. The maximum absolute atomic E-state index is 12.6. The number of hydrogen-bond donors (Lipinski definition) is 2. The molecule has 0 radical (unpaired) electrons. The van der Waals surface area contributed by atoms with Gasteiger partial charge in [0.15, 0.2) is 0 Å². The molecule has 3 aliphatic rings. The maximum Gasteiger partial charge on any atom is 0.244 e. The molecule has 10 heteroatoms. The number of ether oxygens (including phenoxy) is 1. The summed E-state index contributed by atoms with van der Waals surface area (Å²) in [5.74, 6) is 0.0973. The lowest BCUT2D eigenvalue weighted by Gasteiger charge is -2.46. The fraction of sp³-hybridized carbons (Fsp3) is 0.667. The summed E-state index contributed by atoms with van der Waals surface area (Å²) in [7, 11) is 0. The summed E-state index contributed by atoms with van der Waals surface area (Å²) in [4.78, 5) is 15.5. The number of nitrogens with one attached hydrogen (secondary N) is 1. The number of rotatable bonds is 3. The van der Waals surface area contributed by atoms with Crippen molar-refractivity contribution in [2.75, 3.05) is 19.7 Å². The van der Waals surface area contributed by atoms with Gasteiger partial charge in [0.05, 0.1) is 28.9 Å². The van der Waals surface area contributed by atoms with Crippen LogP contribution >= 0.6 is 22.9 Å². The van der Waals surface area contributed by atoms with Crippen LogP contribution in [0.1, 0.15) is 67.3 Å². The predicted molar refractivity (Wildman–Crippen MR) is 117 cm³/mol. The zero-order valence-corrected chi connectivity index (χ0v) is 19.2. The molecule has 1 amide bonds. The van der Waals surface area contributed by atoms with Gasteiger partial charge >= 0.3 is 0 Å². The van der Waals surface area contributed by atoms with Crippen molar-refractivity contribution in [3.63, 3.8) is 0 Å². The largest absolute Gasteiger partial charge is 0.386 e. The highest BCUT2D eigenvalue weighted by Crippen LogP contribution is 2.51. The van der Waals surface area contributed by atoms with Gasteiger partial charge < -0.3 is 20.1 Å². The van der Waals surface area contributed by atoms with Crippen LogP contribution < -0.4 is 5.32 Å². The molecule has 0 saturated carbocycles. The molecule has 2 aromatic rings. The molecule has 0 bridgehead atoms. The summed E-state index contributed by atoms with van der Waals surface area (Å²) < 4.78 is 8.58. The fourth-order valence-corrected chi connectivity index (χ4v) is 6.62. The lowest BCUT2D eigenvalue weighted by atomic mass is 9.79. The standard InChI is InChI=1S/C21H28ClN5O3S/c1-13-8-21(20-14(7-18(22)31-20)17(28)12-30-21)9-15(23-13)16-10-27(25-24-16)11-19(29)26-5-3-2-4-6-26/h7,10,13,15,17,23,28H,2-6,8-9,11-12H2,1H3/t13-,15-,17+,21-/m0/s1. The van der Waals surface area contributed by atoms with Crippen molar-refractivity contribution in [1.82, 2.24) is 25.2 Å². The number of piperidine rings is 2. The number of carbonyl (C=O) groups is 1. The first kappa shape index (κ1) is 21.3. The third-order valence-corrected chi connectivity index (χ3v) is 8.06. The minimum absolute atomic E-state index is 0.0634. The smallest absolute Gasteiger partial charge is 0.244 e. The Morgan fingerprint density at radius 2 is 2.19 bits per heavy atom. The third-order valence-electron chi connectivity index (χ3n) is 6.60. The Labute approximate surface area is 190 Å². The molecule has 0 aromatic carbocycles. The summed E-state index contributed by atoms with van der Waals surface area (Å²) in [5, 5.41) is 22.6. The number of aliphatic hydroxyl groups excluding tert-OH is 1. The molecule has 5 heterocycles. The molecule has 0 unspecified atom stereocenters. The van der Waals surface area contributed by atoms with Crippen molar-refractivity contribution in [3.8, 4) is 0 Å². The highest BCUT2D eigenvalue weighted by atomic mass is 35.5. The van der Waals surface area contributed by atoms with Gasteiger partial charge in [-0.2, -0.15) is 0 Å². The van der Waals surface area contributed by atoms with Crippen molar-refractivity contribution in [3.05, 3.63) is 32.7 Å². The predicted octanol–water partition coefficient (Wildman–Crippen LogP) is 2.78. The minimum atomic E-state index is -0.644. The molecule has 2 aromatic heterocycles. The number of likely N-dealkylation sites (tertiary alicyclic amines) is 1. The van der Waals surface area contributed by atoms with E-state index < -0.39 is 11.7 Å². The van der Waals surface area contributed by atoms with E-state index in [1.165, 1.54) is 17.8 Å². The average Bonchev–Trinajstić information content (AvgIpc) is 3.39. The quantitative estimate of drug-likeness (QED) is 0.724. The Kier molecular flexibility index (Phi) is 5.81. The van der Waals surface area contributed by atoms with Gasteiger partial charge in [-0.3, -0.25) is 4.79 Å². The van der Waals surface area contributed by atoms with Gasteiger partial charge in [-0.1, -0.05) is 16.8 Å². The molecular weight excluding hydrogens is 438 g/mol. The highest BCUT2D eigenvalue weighted by molar-refractivity contribution is 7.16. The van der Waals surface area contributed by atoms with Crippen LogP contribution in [-0.4, -0.2) is 56.6 Å². The molecule has 2 saturated heterocycles. The van der Waals surface area contributed by atoms with Gasteiger partial charge in [-0.05, 0) is 38.7 Å². The van der Waals surface area contributed by atoms with E-state index in [0.717, 1.165) is 48.5 Å². The minimum Gasteiger partial charge on any atom is -0.386 e. The molecule has 8 nitrogen and oxygen atoms in total. The topological polar surface area (TPSA) is 92.5 Å². The molecule has 31 heavy (non-hydrogen) atoms. The zero-order chi connectivity index (χ0) is 21.6. The van der Waals surface area contributed by atoms with Gasteiger partial charge in [0.25, 0.3) is 0 Å². The number of fused-ring (bicyclic) bond motifs is 2. The normalized spacial score (nSPS) is 31.1. The van der Waals surface area contributed by atoms with E-state index in [9.17, 15) is 9.90 Å². The Bertz CT molecular complexity index is 959. The average molecular weight is 466 g/mol. The van der Waals surface area contributed by atoms with Crippen LogP contribution in [0.25, 0.3) is 0 Å². The molecule has 168 valence electrons. The molecule has 0 aliphatic carbocycles. The van der Waals surface area contributed by atoms with E-state index in [0.29, 0.717) is 10.8 Å². The Hall–Kier alpha value is -1.52. The van der Waals surface area contributed by atoms with Crippen molar-refractivity contribution < 1.29 is 14.6 Å². The van der Waals surface area contributed by atoms with E-state index in [4.69, 9.17) is 16.3 Å². The van der Waals surface area contributed by atoms with Crippen LogP contribution in [0.3, 0.4) is 0 Å². The van der Waals surface area contributed by atoms with Crippen LogP contribution in [0.15, 0.2) is 12.3 Å². The Balaban J connectivity index is 1.34. The van der Waals surface area contributed by atoms with Gasteiger partial charge in [0.1, 0.15) is 18.2 Å². The van der Waals surface area contributed by atoms with E-state index in [2.05, 4.69) is 22.6 Å². The molecule has 1 spiro atoms. The van der Waals surface area contributed by atoms with Crippen LogP contribution in [0, 0.1) is 0 Å². The summed E-state index contributed by atoms with van der Waals surface area (Å²) in [6.45, 7) is 4.27. The van der Waals surface area contributed by atoms with Crippen molar-refractivity contribution >= 4 is 28.8 Å². The molecule has 4 atom stereocenters. The zero-order valence-electron chi connectivity index (χ0n) is 17.6. The number of thiophene rings is 1. The first-order chi connectivity index (χ1) is 14.9. The fourth-order valence-electron chi connectivity index (χ4n) is 5.17. The lowest BCUT2D eigenvalue weighted by molar-refractivity contribution is -0.133. The first-order valence-electron chi connectivity index (χ1n) is 11.0. The van der Waals surface area contributed by atoms with E-state index >= 15 is 0 Å². The molecular formula is C21H28ClN5O3S. The summed E-state index contributed by atoms with van der Waals surface area (Å²) >= 11 is 7.79. The van der Waals surface area contributed by atoms with E-state index in [1.807, 2.05) is 17.2 Å². The Morgan fingerprint density at radius 1 is 1.39 bits per heavy atom. The summed E-state index contributed by atoms with van der Waals surface area (Å²) in [6.07, 6.45) is 6.03. The second-order valence-corrected chi connectivity index (χ2v) is 10.7. The second-order valence-electron chi connectivity index (χ2n) is 8.97. The number of aromatic nitrogens is 3. The van der Waals surface area contributed by atoms with Crippen LogP contribution in [-0.2, 0) is 21.7 Å². The monoisotopic (exact) mass is 465 g/mol. The van der Waals surface area contributed by atoms with E-state index in [1.54, 1.807) is 4.68 Å². The van der Waals surface area contributed by atoms with Gasteiger partial charge in [0, 0.05) is 36.0 Å². The molecule has 5 rings (SSSR count). The molecule has 2 N–H and O–H groups in total. The first-order valence-corrected chi connectivity index (χ1v) is 12.2. The van der Waals surface area contributed by atoms with Crippen molar-refractivity contribution in [2.45, 2.75) is 69.4 Å². The highest BCUT2D eigenvalue weighted by Gasteiger charge is 2.48. The summed E-state index contributed by atoms with van der Waals surface area (Å²) in [6, 6.07) is 1.98. The van der Waals surface area contributed by atoms with Gasteiger partial charge in [-0.15, -0.1) is 16.4 Å². The van der Waals surface area contributed by atoms with E-state index in [-0.39, 0.29) is 31.1 Å². The second kappa shape index (κ2) is 8.44. The number of amides is 1. The lowest BCUT2D eigenvalue weighted by Crippen LogP contribution is -2.50. The number of nitrogens with zero attached hydrogens (tertiary/aromatic N) is 4. The van der Waals surface area contributed by atoms with Crippen LogP contribution in [0.4, 0.5) is 0 Å². The van der Waals surface area contributed by atoms with Crippen molar-refractivity contribution in [1.29, 1.82) is 0 Å². The Morgan fingerprint density at radius 3 is 3.00 bits per heavy atom. The molecule has 2 fully saturated rings. The molecule has 3 aliphatic heterocycles. The van der Waals surface area contributed by atoms with Crippen LogP contribution in [0.5, 0.6) is 0 Å². The number of halogens is 1. The number of carbonyl (C=O) groups excluding carboxylic acids is 1. The number of aliphatic hydroxyl groups is 1. The van der Waals surface area contributed by atoms with Crippen LogP contribution in [0.2, 0.25) is 4.34 Å². The van der Waals surface area contributed by atoms with Gasteiger partial charge in [-0.25, -0.2) is 4.68 Å². The third kappa shape index (κ3) is 4.14.